The number of halogens is 2. The summed E-state index contributed by atoms with van der Waals surface area (Å²) in [7, 11) is 1.04. The van der Waals surface area contributed by atoms with E-state index in [4.69, 9.17) is 10.7 Å². The first-order valence-electron chi connectivity index (χ1n) is 5.48. The van der Waals surface area contributed by atoms with Crippen molar-refractivity contribution >= 4 is 31.3 Å². The summed E-state index contributed by atoms with van der Waals surface area (Å²) >= 11 is 0. The first kappa shape index (κ1) is 14.5. The third-order valence-corrected chi connectivity index (χ3v) is 3.78. The van der Waals surface area contributed by atoms with Gasteiger partial charge in [0.05, 0.1) is 4.90 Å². The number of carbonyl (C=O) groups excluding carboxylic acids is 1. The molecule has 1 N–H and O–H groups in total. The van der Waals surface area contributed by atoms with Crippen molar-refractivity contribution in [3.8, 4) is 0 Å². The Morgan fingerprint density at radius 1 is 1.10 bits per heavy atom. The van der Waals surface area contributed by atoms with Crippen LogP contribution in [0.5, 0.6) is 0 Å². The molecule has 104 valence electrons. The van der Waals surface area contributed by atoms with Gasteiger partial charge in [-0.3, -0.25) is 4.79 Å². The van der Waals surface area contributed by atoms with Crippen molar-refractivity contribution in [2.45, 2.75) is 4.90 Å². The molecule has 0 bridgehead atoms. The van der Waals surface area contributed by atoms with Crippen LogP contribution < -0.4 is 5.32 Å². The molecule has 0 aliphatic rings. The Hall–Kier alpha value is -1.92. The SMILES string of the molecule is O=C(Nc1ccccc1)c1cc(F)cc(S(=O)(=O)Cl)c1. The third kappa shape index (κ3) is 3.55. The van der Waals surface area contributed by atoms with Gasteiger partial charge in [-0.15, -0.1) is 0 Å². The van der Waals surface area contributed by atoms with Gasteiger partial charge in [0.2, 0.25) is 0 Å². The normalized spacial score (nSPS) is 11.1. The molecule has 4 nitrogen and oxygen atoms in total. The fourth-order valence-electron chi connectivity index (χ4n) is 1.56. The molecule has 2 aromatic rings. The minimum absolute atomic E-state index is 0.131. The molecule has 7 heteroatoms. The van der Waals surface area contributed by atoms with Gasteiger partial charge in [-0.2, -0.15) is 0 Å². The molecule has 0 spiro atoms. The van der Waals surface area contributed by atoms with Crippen LogP contribution in [-0.4, -0.2) is 14.3 Å². The third-order valence-electron chi connectivity index (χ3n) is 2.45. The second-order valence-corrected chi connectivity index (χ2v) is 6.50. The van der Waals surface area contributed by atoms with Gasteiger partial charge in [-0.05, 0) is 30.3 Å². The first-order chi connectivity index (χ1) is 9.36. The zero-order valence-corrected chi connectivity index (χ0v) is 11.6. The summed E-state index contributed by atoms with van der Waals surface area (Å²) < 4.78 is 35.7. The van der Waals surface area contributed by atoms with Crippen molar-refractivity contribution in [1.29, 1.82) is 0 Å². The minimum Gasteiger partial charge on any atom is -0.322 e. The quantitative estimate of drug-likeness (QED) is 0.886. The molecule has 0 heterocycles. The predicted octanol–water partition coefficient (Wildman–Crippen LogP) is 3.01. The van der Waals surface area contributed by atoms with Gasteiger partial charge < -0.3 is 5.32 Å². The number of nitrogens with one attached hydrogen (secondary N) is 1. The average molecular weight is 314 g/mol. The van der Waals surface area contributed by atoms with E-state index in [1.165, 1.54) is 0 Å². The molecule has 0 aliphatic heterocycles. The first-order valence-corrected chi connectivity index (χ1v) is 7.79. The summed E-state index contributed by atoms with van der Waals surface area (Å²) in [5, 5.41) is 2.52. The lowest BCUT2D eigenvalue weighted by Crippen LogP contribution is -2.12. The van der Waals surface area contributed by atoms with E-state index in [9.17, 15) is 17.6 Å². The van der Waals surface area contributed by atoms with E-state index in [2.05, 4.69) is 5.32 Å². The fraction of sp³-hybridized carbons (Fsp3) is 0. The molecule has 0 aliphatic carbocycles. The maximum atomic E-state index is 13.4. The number of para-hydroxylation sites is 1. The summed E-state index contributed by atoms with van der Waals surface area (Å²) in [4.78, 5) is 11.5. The maximum absolute atomic E-state index is 13.4. The lowest BCUT2D eigenvalue weighted by atomic mass is 10.2. The topological polar surface area (TPSA) is 63.2 Å². The Labute approximate surface area is 119 Å². The van der Waals surface area contributed by atoms with Gasteiger partial charge in [-0.25, -0.2) is 12.8 Å². The van der Waals surface area contributed by atoms with Crippen LogP contribution in [0.2, 0.25) is 0 Å². The summed E-state index contributed by atoms with van der Waals surface area (Å²) in [6.45, 7) is 0. The standard InChI is InChI=1S/C13H9ClFNO3S/c14-20(18,19)12-7-9(6-10(15)8-12)13(17)16-11-4-2-1-3-5-11/h1-8H,(H,16,17). The monoisotopic (exact) mass is 313 g/mol. The van der Waals surface area contributed by atoms with E-state index in [0.717, 1.165) is 18.2 Å². The molecule has 0 unspecified atom stereocenters. The van der Waals surface area contributed by atoms with Gasteiger partial charge in [0.25, 0.3) is 15.0 Å². The van der Waals surface area contributed by atoms with Crippen molar-refractivity contribution in [2.75, 3.05) is 5.32 Å². The summed E-state index contributed by atoms with van der Waals surface area (Å²) in [5.41, 5.74) is 0.380. The molecule has 20 heavy (non-hydrogen) atoms. The zero-order valence-electron chi connectivity index (χ0n) is 10.0. The Balaban J connectivity index is 2.33. The second kappa shape index (κ2) is 5.60. The van der Waals surface area contributed by atoms with E-state index in [0.29, 0.717) is 5.69 Å². The molecule has 0 atom stereocenters. The molecule has 1 amide bonds. The van der Waals surface area contributed by atoms with E-state index in [-0.39, 0.29) is 5.56 Å². The molecule has 0 fully saturated rings. The highest BCUT2D eigenvalue weighted by molar-refractivity contribution is 8.13. The Morgan fingerprint density at radius 2 is 1.75 bits per heavy atom. The molecular formula is C13H9ClFNO3S. The molecule has 2 aromatic carbocycles. The molecular weight excluding hydrogens is 305 g/mol. The Bertz CT molecular complexity index is 747. The van der Waals surface area contributed by atoms with E-state index in [1.54, 1.807) is 30.3 Å². The molecule has 0 radical (unpaired) electrons. The average Bonchev–Trinajstić information content (AvgIpc) is 2.38. The van der Waals surface area contributed by atoms with Crippen molar-refractivity contribution in [3.63, 3.8) is 0 Å². The molecule has 0 aromatic heterocycles. The predicted molar refractivity (Wildman–Crippen MR) is 73.8 cm³/mol. The fourth-order valence-corrected chi connectivity index (χ4v) is 2.35. The van der Waals surface area contributed by atoms with E-state index < -0.39 is 25.7 Å². The lowest BCUT2D eigenvalue weighted by molar-refractivity contribution is 0.102. The molecule has 0 saturated heterocycles. The van der Waals surface area contributed by atoms with Crippen LogP contribution >= 0.6 is 10.7 Å². The van der Waals surface area contributed by atoms with Gasteiger partial charge >= 0.3 is 0 Å². The summed E-state index contributed by atoms with van der Waals surface area (Å²) in [5.74, 6) is -1.48. The van der Waals surface area contributed by atoms with Gasteiger partial charge in [0.1, 0.15) is 5.82 Å². The van der Waals surface area contributed by atoms with Crippen LogP contribution in [0.25, 0.3) is 0 Å². The molecule has 0 saturated carbocycles. The number of rotatable bonds is 3. The van der Waals surface area contributed by atoms with Gasteiger partial charge in [-0.1, -0.05) is 18.2 Å². The highest BCUT2D eigenvalue weighted by Gasteiger charge is 2.16. The summed E-state index contributed by atoms with van der Waals surface area (Å²) in [6.07, 6.45) is 0. The number of hydrogen-bond donors (Lipinski definition) is 1. The minimum atomic E-state index is -4.10. The van der Waals surface area contributed by atoms with Crippen molar-refractivity contribution < 1.29 is 17.6 Å². The number of hydrogen-bond acceptors (Lipinski definition) is 3. The van der Waals surface area contributed by atoms with Gasteiger partial charge in [0.15, 0.2) is 0 Å². The van der Waals surface area contributed by atoms with Crippen LogP contribution in [0.3, 0.4) is 0 Å². The Kier molecular flexibility index (Phi) is 4.06. The van der Waals surface area contributed by atoms with E-state index >= 15 is 0 Å². The largest absolute Gasteiger partial charge is 0.322 e. The Morgan fingerprint density at radius 3 is 2.35 bits per heavy atom. The smallest absolute Gasteiger partial charge is 0.261 e. The highest BCUT2D eigenvalue weighted by Crippen LogP contribution is 2.19. The second-order valence-electron chi connectivity index (χ2n) is 3.93. The van der Waals surface area contributed by atoms with Crippen LogP contribution in [0.4, 0.5) is 10.1 Å². The zero-order chi connectivity index (χ0) is 14.8. The highest BCUT2D eigenvalue weighted by atomic mass is 35.7. The number of carbonyl (C=O) groups is 1. The van der Waals surface area contributed by atoms with Crippen LogP contribution in [-0.2, 0) is 9.05 Å². The number of amides is 1. The molecule has 2 rings (SSSR count). The lowest BCUT2D eigenvalue weighted by Gasteiger charge is -2.06. The maximum Gasteiger partial charge on any atom is 0.261 e. The van der Waals surface area contributed by atoms with Crippen LogP contribution in [0.15, 0.2) is 53.4 Å². The van der Waals surface area contributed by atoms with Crippen LogP contribution in [0.1, 0.15) is 10.4 Å². The number of benzene rings is 2. The van der Waals surface area contributed by atoms with Crippen molar-refractivity contribution in [1.82, 2.24) is 0 Å². The van der Waals surface area contributed by atoms with E-state index in [1.807, 2.05) is 0 Å². The number of anilines is 1. The van der Waals surface area contributed by atoms with Gasteiger partial charge in [0, 0.05) is 21.9 Å². The van der Waals surface area contributed by atoms with Crippen molar-refractivity contribution in [2.24, 2.45) is 0 Å². The summed E-state index contributed by atoms with van der Waals surface area (Å²) in [6, 6.07) is 11.2. The van der Waals surface area contributed by atoms with Crippen molar-refractivity contribution in [3.05, 3.63) is 59.9 Å². The van der Waals surface area contributed by atoms with Crippen LogP contribution in [0, 0.1) is 5.82 Å².